The first-order valence-corrected chi connectivity index (χ1v) is 7.26. The van der Waals surface area contributed by atoms with Gasteiger partial charge in [0.05, 0.1) is 0 Å². The highest BCUT2D eigenvalue weighted by Crippen LogP contribution is 2.31. The van der Waals surface area contributed by atoms with Gasteiger partial charge in [0.1, 0.15) is 19.3 Å². The minimum Gasteiger partial charge on any atom is -0.486 e. The van der Waals surface area contributed by atoms with Crippen molar-refractivity contribution >= 4 is 18.0 Å². The number of likely N-dealkylation sites (tertiary alicyclic amines) is 1. The van der Waals surface area contributed by atoms with Crippen LogP contribution in [0.1, 0.15) is 18.4 Å². The van der Waals surface area contributed by atoms with Crippen LogP contribution >= 0.6 is 0 Å². The van der Waals surface area contributed by atoms with E-state index in [0.717, 1.165) is 12.0 Å². The van der Waals surface area contributed by atoms with Gasteiger partial charge in [-0.25, -0.2) is 4.79 Å². The average Bonchev–Trinajstić information content (AvgIpc) is 3.02. The van der Waals surface area contributed by atoms with Crippen molar-refractivity contribution in [3.8, 4) is 11.5 Å². The Balaban J connectivity index is 1.71. The predicted octanol–water partition coefficient (Wildman–Crippen LogP) is 1.55. The van der Waals surface area contributed by atoms with Crippen LogP contribution in [0.4, 0.5) is 0 Å². The highest BCUT2D eigenvalue weighted by molar-refractivity contribution is 5.94. The first-order chi connectivity index (χ1) is 10.6. The zero-order valence-corrected chi connectivity index (χ0v) is 12.0. The summed E-state index contributed by atoms with van der Waals surface area (Å²) >= 11 is 0. The number of amides is 1. The molecule has 0 spiro atoms. The number of rotatable bonds is 3. The van der Waals surface area contributed by atoms with Crippen LogP contribution in [0.15, 0.2) is 24.3 Å². The topological polar surface area (TPSA) is 76.1 Å². The van der Waals surface area contributed by atoms with Gasteiger partial charge in [-0.1, -0.05) is 6.07 Å². The fourth-order valence-electron chi connectivity index (χ4n) is 2.71. The highest BCUT2D eigenvalue weighted by atomic mass is 16.6. The van der Waals surface area contributed by atoms with Gasteiger partial charge in [0.25, 0.3) is 0 Å². The molecule has 0 radical (unpaired) electrons. The molecule has 2 aliphatic heterocycles. The minimum atomic E-state index is -0.946. The molecule has 3 rings (SSSR count). The molecule has 22 heavy (non-hydrogen) atoms. The Labute approximate surface area is 127 Å². The predicted molar refractivity (Wildman–Crippen MR) is 78.8 cm³/mol. The Kier molecular flexibility index (Phi) is 4.00. The summed E-state index contributed by atoms with van der Waals surface area (Å²) in [6, 6.07) is 4.72. The van der Waals surface area contributed by atoms with Gasteiger partial charge >= 0.3 is 5.97 Å². The Morgan fingerprint density at radius 1 is 1.23 bits per heavy atom. The molecule has 1 aromatic carbocycles. The van der Waals surface area contributed by atoms with Crippen molar-refractivity contribution in [2.24, 2.45) is 0 Å². The monoisotopic (exact) mass is 303 g/mol. The second-order valence-electron chi connectivity index (χ2n) is 5.26. The first-order valence-electron chi connectivity index (χ1n) is 7.26. The van der Waals surface area contributed by atoms with Crippen molar-refractivity contribution in [1.82, 2.24) is 4.90 Å². The van der Waals surface area contributed by atoms with E-state index in [1.807, 2.05) is 6.07 Å². The molecule has 0 saturated carbocycles. The molecule has 0 aliphatic carbocycles. The van der Waals surface area contributed by atoms with E-state index in [9.17, 15) is 9.59 Å². The van der Waals surface area contributed by atoms with Crippen molar-refractivity contribution in [3.05, 3.63) is 29.8 Å². The van der Waals surface area contributed by atoms with Gasteiger partial charge in [-0.15, -0.1) is 0 Å². The molecule has 1 saturated heterocycles. The number of aliphatic carboxylic acids is 1. The zero-order valence-electron chi connectivity index (χ0n) is 12.0. The number of carbonyl (C=O) groups excluding carboxylic acids is 1. The summed E-state index contributed by atoms with van der Waals surface area (Å²) < 4.78 is 10.9. The van der Waals surface area contributed by atoms with Gasteiger partial charge in [0.15, 0.2) is 11.5 Å². The van der Waals surface area contributed by atoms with E-state index in [1.165, 1.54) is 11.0 Å². The van der Waals surface area contributed by atoms with Crippen molar-refractivity contribution < 1.29 is 24.2 Å². The minimum absolute atomic E-state index is 0.278. The van der Waals surface area contributed by atoms with Gasteiger partial charge in [-0.2, -0.15) is 0 Å². The molecule has 1 atom stereocenters. The number of hydrogen-bond acceptors (Lipinski definition) is 4. The van der Waals surface area contributed by atoms with Crippen LogP contribution in [0.5, 0.6) is 11.5 Å². The van der Waals surface area contributed by atoms with Gasteiger partial charge in [0, 0.05) is 12.6 Å². The molecule has 6 heteroatoms. The quantitative estimate of drug-likeness (QED) is 0.857. The van der Waals surface area contributed by atoms with Crippen LogP contribution in [-0.4, -0.2) is 47.7 Å². The van der Waals surface area contributed by atoms with Crippen molar-refractivity contribution in [3.63, 3.8) is 0 Å². The molecule has 0 bridgehead atoms. The molecule has 2 heterocycles. The van der Waals surface area contributed by atoms with Crippen LogP contribution in [0.3, 0.4) is 0 Å². The smallest absolute Gasteiger partial charge is 0.326 e. The van der Waals surface area contributed by atoms with E-state index in [4.69, 9.17) is 14.6 Å². The van der Waals surface area contributed by atoms with E-state index in [2.05, 4.69) is 0 Å². The molecule has 1 N–H and O–H groups in total. The SMILES string of the molecule is O=C(O)C1CCCN1C(=O)C=Cc1ccc2c(c1)OCCO2. The summed E-state index contributed by atoms with van der Waals surface area (Å²) in [5, 5.41) is 9.10. The van der Waals surface area contributed by atoms with Crippen molar-refractivity contribution in [1.29, 1.82) is 0 Å². The van der Waals surface area contributed by atoms with E-state index in [-0.39, 0.29) is 5.91 Å². The lowest BCUT2D eigenvalue weighted by Gasteiger charge is -2.19. The zero-order chi connectivity index (χ0) is 15.5. The molecule has 2 aliphatic rings. The van der Waals surface area contributed by atoms with E-state index in [1.54, 1.807) is 18.2 Å². The maximum absolute atomic E-state index is 12.1. The number of carbonyl (C=O) groups is 2. The lowest BCUT2D eigenvalue weighted by atomic mass is 10.1. The van der Waals surface area contributed by atoms with Crippen LogP contribution < -0.4 is 9.47 Å². The van der Waals surface area contributed by atoms with Gasteiger partial charge < -0.3 is 19.5 Å². The van der Waals surface area contributed by atoms with Crippen molar-refractivity contribution in [2.45, 2.75) is 18.9 Å². The number of carboxylic acid groups (broad SMARTS) is 1. The number of fused-ring (bicyclic) bond motifs is 1. The standard InChI is InChI=1S/C16H17NO5/c18-15(17-7-1-2-12(17)16(19)20)6-4-11-3-5-13-14(10-11)22-9-8-21-13/h3-6,10,12H,1-2,7-9H2,(H,19,20). The summed E-state index contributed by atoms with van der Waals surface area (Å²) in [5.41, 5.74) is 0.809. The van der Waals surface area contributed by atoms with E-state index < -0.39 is 12.0 Å². The summed E-state index contributed by atoms with van der Waals surface area (Å²) in [6.45, 7) is 1.53. The summed E-state index contributed by atoms with van der Waals surface area (Å²) in [6.07, 6.45) is 4.31. The number of nitrogens with zero attached hydrogens (tertiary/aromatic N) is 1. The van der Waals surface area contributed by atoms with Crippen LogP contribution in [0.25, 0.3) is 6.08 Å². The van der Waals surface area contributed by atoms with Crippen LogP contribution in [-0.2, 0) is 9.59 Å². The van der Waals surface area contributed by atoms with Crippen LogP contribution in [0.2, 0.25) is 0 Å². The molecule has 6 nitrogen and oxygen atoms in total. The Morgan fingerprint density at radius 3 is 2.77 bits per heavy atom. The molecule has 0 aromatic heterocycles. The lowest BCUT2D eigenvalue weighted by Crippen LogP contribution is -2.39. The average molecular weight is 303 g/mol. The molecular formula is C16H17NO5. The lowest BCUT2D eigenvalue weighted by molar-refractivity contribution is -0.146. The Hall–Kier alpha value is -2.50. The largest absolute Gasteiger partial charge is 0.486 e. The van der Waals surface area contributed by atoms with Gasteiger partial charge in [0.2, 0.25) is 5.91 Å². The maximum atomic E-state index is 12.1. The summed E-state index contributed by atoms with van der Waals surface area (Å²) in [4.78, 5) is 24.6. The molecule has 1 fully saturated rings. The fourth-order valence-corrected chi connectivity index (χ4v) is 2.71. The highest BCUT2D eigenvalue weighted by Gasteiger charge is 2.32. The number of hydrogen-bond donors (Lipinski definition) is 1. The first kappa shape index (κ1) is 14.4. The third kappa shape index (κ3) is 2.90. The van der Waals surface area contributed by atoms with Gasteiger partial charge in [-0.3, -0.25) is 4.79 Å². The maximum Gasteiger partial charge on any atom is 0.326 e. The fraction of sp³-hybridized carbons (Fsp3) is 0.375. The van der Waals surface area contributed by atoms with Crippen LogP contribution in [0, 0.1) is 0 Å². The number of carboxylic acids is 1. The third-order valence-electron chi connectivity index (χ3n) is 3.81. The molecule has 1 amide bonds. The molecular weight excluding hydrogens is 286 g/mol. The van der Waals surface area contributed by atoms with Gasteiger partial charge in [-0.05, 0) is 36.6 Å². The second kappa shape index (κ2) is 6.09. The third-order valence-corrected chi connectivity index (χ3v) is 3.81. The molecule has 116 valence electrons. The van der Waals surface area contributed by atoms with E-state index in [0.29, 0.717) is 37.7 Å². The number of benzene rings is 1. The summed E-state index contributed by atoms with van der Waals surface area (Å²) in [7, 11) is 0. The second-order valence-corrected chi connectivity index (χ2v) is 5.26. The normalized spacial score (nSPS) is 20.4. The molecule has 1 unspecified atom stereocenters. The Morgan fingerprint density at radius 2 is 2.00 bits per heavy atom. The van der Waals surface area contributed by atoms with E-state index >= 15 is 0 Å². The summed E-state index contributed by atoms with van der Waals surface area (Å²) in [5.74, 6) is 0.129. The molecule has 1 aromatic rings. The number of ether oxygens (including phenoxy) is 2. The van der Waals surface area contributed by atoms with Crippen molar-refractivity contribution in [2.75, 3.05) is 19.8 Å². The Bertz CT molecular complexity index is 625.